The Hall–Kier alpha value is -1.71. The van der Waals surface area contributed by atoms with Crippen LogP contribution < -0.4 is 4.90 Å². The number of nitrogens with zero attached hydrogens (tertiary/aromatic N) is 3. The molecule has 0 amide bonds. The van der Waals surface area contributed by atoms with Crippen molar-refractivity contribution in [3.8, 4) is 0 Å². The lowest BCUT2D eigenvalue weighted by molar-refractivity contribution is -0.385. The van der Waals surface area contributed by atoms with Gasteiger partial charge in [-0.15, -0.1) is 0 Å². The van der Waals surface area contributed by atoms with Gasteiger partial charge < -0.3 is 9.64 Å². The fourth-order valence-corrected chi connectivity index (χ4v) is 5.65. The molecule has 2 aliphatic heterocycles. The van der Waals surface area contributed by atoms with Gasteiger partial charge in [-0.2, -0.15) is 4.31 Å². The first kappa shape index (κ1) is 17.7. The average molecular weight is 381 g/mol. The van der Waals surface area contributed by atoms with Gasteiger partial charge in [0.15, 0.2) is 0 Å². The Bertz CT molecular complexity index is 816. The number of sulfonamides is 1. The number of piperidine rings is 1. The third kappa shape index (κ3) is 3.19. The van der Waals surface area contributed by atoms with E-state index in [1.54, 1.807) is 6.07 Å². The first-order valence-electron chi connectivity index (χ1n) is 9.03. The van der Waals surface area contributed by atoms with Gasteiger partial charge in [-0.1, -0.05) is 0 Å². The van der Waals surface area contributed by atoms with Gasteiger partial charge in [-0.3, -0.25) is 10.1 Å². The van der Waals surface area contributed by atoms with Crippen molar-refractivity contribution in [2.24, 2.45) is 5.41 Å². The van der Waals surface area contributed by atoms with Crippen LogP contribution in [0.15, 0.2) is 23.1 Å². The molecule has 3 aliphatic rings. The van der Waals surface area contributed by atoms with Crippen molar-refractivity contribution in [1.82, 2.24) is 4.31 Å². The summed E-state index contributed by atoms with van der Waals surface area (Å²) >= 11 is 0. The predicted octanol–water partition coefficient (Wildman–Crippen LogP) is 2.00. The van der Waals surface area contributed by atoms with Crippen LogP contribution in [0.2, 0.25) is 0 Å². The minimum atomic E-state index is -3.81. The molecule has 1 spiro atoms. The Labute approximate surface area is 152 Å². The van der Waals surface area contributed by atoms with E-state index in [9.17, 15) is 18.5 Å². The van der Waals surface area contributed by atoms with Gasteiger partial charge in [-0.25, -0.2) is 8.42 Å². The van der Waals surface area contributed by atoms with E-state index in [0.717, 1.165) is 19.5 Å². The SMILES string of the molecule is O=[N+]([O-])c1ccc(N2CCCC3(CC3)C2)c(S(=O)(=O)N2CCOCC2)c1. The summed E-state index contributed by atoms with van der Waals surface area (Å²) in [5.41, 5.74) is 0.715. The summed E-state index contributed by atoms with van der Waals surface area (Å²) in [5, 5.41) is 11.2. The van der Waals surface area contributed by atoms with E-state index < -0.39 is 14.9 Å². The topological polar surface area (TPSA) is 93.0 Å². The van der Waals surface area contributed by atoms with Crippen LogP contribution in [-0.2, 0) is 14.8 Å². The van der Waals surface area contributed by atoms with Gasteiger partial charge in [0.1, 0.15) is 4.90 Å². The van der Waals surface area contributed by atoms with Crippen LogP contribution in [0.1, 0.15) is 25.7 Å². The number of non-ortho nitro benzene ring substituents is 1. The van der Waals surface area contributed by atoms with Crippen molar-refractivity contribution in [2.75, 3.05) is 44.3 Å². The highest BCUT2D eigenvalue weighted by molar-refractivity contribution is 7.89. The number of morpholine rings is 1. The lowest BCUT2D eigenvalue weighted by Gasteiger charge is -2.36. The van der Waals surface area contributed by atoms with Crippen molar-refractivity contribution >= 4 is 21.4 Å². The van der Waals surface area contributed by atoms with Crippen LogP contribution in [0.4, 0.5) is 11.4 Å². The van der Waals surface area contributed by atoms with E-state index in [1.165, 1.54) is 35.7 Å². The normalized spacial score (nSPS) is 23.2. The van der Waals surface area contributed by atoms with Crippen molar-refractivity contribution < 1.29 is 18.1 Å². The quantitative estimate of drug-likeness (QED) is 0.585. The van der Waals surface area contributed by atoms with E-state index in [4.69, 9.17) is 4.74 Å². The molecule has 0 N–H and O–H groups in total. The summed E-state index contributed by atoms with van der Waals surface area (Å²) in [5.74, 6) is 0. The van der Waals surface area contributed by atoms with Crippen LogP contribution in [0.25, 0.3) is 0 Å². The zero-order valence-corrected chi connectivity index (χ0v) is 15.4. The molecule has 2 heterocycles. The molecule has 26 heavy (non-hydrogen) atoms. The Morgan fingerprint density at radius 2 is 1.85 bits per heavy atom. The number of ether oxygens (including phenoxy) is 1. The summed E-state index contributed by atoms with van der Waals surface area (Å²) in [6, 6.07) is 4.23. The molecule has 0 radical (unpaired) electrons. The number of benzene rings is 1. The Kier molecular flexibility index (Phi) is 4.40. The van der Waals surface area contributed by atoms with E-state index in [1.807, 2.05) is 0 Å². The van der Waals surface area contributed by atoms with Gasteiger partial charge in [0.2, 0.25) is 10.0 Å². The molecule has 2 saturated heterocycles. The molecule has 8 nitrogen and oxygen atoms in total. The van der Waals surface area contributed by atoms with Gasteiger partial charge in [-0.05, 0) is 37.2 Å². The standard InChI is InChI=1S/C17H23N3O5S/c21-20(22)14-2-3-15(18-7-1-4-17(13-18)5-6-17)16(12-14)26(23,24)19-8-10-25-11-9-19/h2-3,12H,1,4-11,13H2. The number of anilines is 1. The van der Waals surface area contributed by atoms with Gasteiger partial charge in [0, 0.05) is 38.3 Å². The Balaban J connectivity index is 1.75. The molecule has 1 aromatic rings. The maximum absolute atomic E-state index is 13.2. The maximum Gasteiger partial charge on any atom is 0.270 e. The number of hydrogen-bond donors (Lipinski definition) is 0. The van der Waals surface area contributed by atoms with Gasteiger partial charge >= 0.3 is 0 Å². The third-order valence-electron chi connectivity index (χ3n) is 5.70. The summed E-state index contributed by atoms with van der Waals surface area (Å²) in [6.07, 6.45) is 4.57. The zero-order valence-electron chi connectivity index (χ0n) is 14.6. The molecule has 1 aliphatic carbocycles. The second-order valence-electron chi connectivity index (χ2n) is 7.45. The second kappa shape index (κ2) is 6.47. The van der Waals surface area contributed by atoms with Crippen LogP contribution >= 0.6 is 0 Å². The van der Waals surface area contributed by atoms with Crippen molar-refractivity contribution in [2.45, 2.75) is 30.6 Å². The summed E-state index contributed by atoms with van der Waals surface area (Å²) < 4.78 is 33.1. The molecule has 3 fully saturated rings. The maximum atomic E-state index is 13.2. The molecule has 1 aromatic carbocycles. The molecular weight excluding hydrogens is 358 g/mol. The minimum absolute atomic E-state index is 0.0475. The van der Waals surface area contributed by atoms with E-state index >= 15 is 0 Å². The monoisotopic (exact) mass is 381 g/mol. The number of rotatable bonds is 4. The van der Waals surface area contributed by atoms with Crippen molar-refractivity contribution in [1.29, 1.82) is 0 Å². The smallest absolute Gasteiger partial charge is 0.270 e. The molecule has 4 rings (SSSR count). The summed E-state index contributed by atoms with van der Waals surface area (Å²) in [6.45, 7) is 2.84. The van der Waals surface area contributed by atoms with E-state index in [0.29, 0.717) is 24.3 Å². The molecule has 0 bridgehead atoms. The Morgan fingerprint density at radius 1 is 1.12 bits per heavy atom. The second-order valence-corrected chi connectivity index (χ2v) is 9.36. The van der Waals surface area contributed by atoms with Crippen LogP contribution in [-0.4, -0.2) is 57.0 Å². The highest BCUT2D eigenvalue weighted by Gasteiger charge is 2.46. The predicted molar refractivity (Wildman–Crippen MR) is 95.8 cm³/mol. The largest absolute Gasteiger partial charge is 0.379 e. The first-order valence-corrected chi connectivity index (χ1v) is 10.5. The van der Waals surface area contributed by atoms with Gasteiger partial charge in [0.05, 0.1) is 23.8 Å². The first-order chi connectivity index (χ1) is 12.4. The fourth-order valence-electron chi connectivity index (χ4n) is 4.01. The highest BCUT2D eigenvalue weighted by Crippen LogP contribution is 2.53. The third-order valence-corrected chi connectivity index (χ3v) is 7.63. The number of nitro groups is 1. The van der Waals surface area contributed by atoms with Gasteiger partial charge in [0.25, 0.3) is 5.69 Å². The molecular formula is C17H23N3O5S. The van der Waals surface area contributed by atoms with Crippen molar-refractivity contribution in [3.05, 3.63) is 28.3 Å². The fraction of sp³-hybridized carbons (Fsp3) is 0.647. The zero-order chi connectivity index (χ0) is 18.4. The van der Waals surface area contributed by atoms with Crippen LogP contribution in [0.3, 0.4) is 0 Å². The molecule has 0 atom stereocenters. The minimum Gasteiger partial charge on any atom is -0.379 e. The van der Waals surface area contributed by atoms with E-state index in [2.05, 4.69) is 4.90 Å². The summed E-state index contributed by atoms with van der Waals surface area (Å²) in [7, 11) is -3.81. The van der Waals surface area contributed by atoms with Crippen molar-refractivity contribution in [3.63, 3.8) is 0 Å². The molecule has 0 aromatic heterocycles. The average Bonchev–Trinajstić information content (AvgIpc) is 3.40. The number of nitro benzene ring substituents is 1. The van der Waals surface area contributed by atoms with Crippen LogP contribution in [0.5, 0.6) is 0 Å². The molecule has 142 valence electrons. The molecule has 9 heteroatoms. The van der Waals surface area contributed by atoms with E-state index in [-0.39, 0.29) is 23.7 Å². The summed E-state index contributed by atoms with van der Waals surface area (Å²) in [4.78, 5) is 12.8. The highest BCUT2D eigenvalue weighted by atomic mass is 32.2. The molecule has 1 saturated carbocycles. The lowest BCUT2D eigenvalue weighted by atomic mass is 9.94. The molecule has 0 unspecified atom stereocenters. The lowest BCUT2D eigenvalue weighted by Crippen LogP contribution is -2.42. The number of hydrogen-bond acceptors (Lipinski definition) is 6. The Morgan fingerprint density at radius 3 is 2.50 bits per heavy atom. The van der Waals surface area contributed by atoms with Crippen LogP contribution in [0, 0.1) is 15.5 Å².